The van der Waals surface area contributed by atoms with Crippen LogP contribution in [0, 0.1) is 11.7 Å². The second kappa shape index (κ2) is 8.21. The first-order valence-electron chi connectivity index (χ1n) is 7.12. The minimum absolute atomic E-state index is 0.139. The van der Waals surface area contributed by atoms with Crippen molar-refractivity contribution in [1.29, 1.82) is 0 Å². The van der Waals surface area contributed by atoms with Crippen LogP contribution in [-0.2, 0) is 12.8 Å². The van der Waals surface area contributed by atoms with Crippen LogP contribution >= 0.6 is 15.9 Å². The van der Waals surface area contributed by atoms with Crippen molar-refractivity contribution < 1.29 is 4.39 Å². The largest absolute Gasteiger partial charge is 0.207 e. The average molecular weight is 335 g/mol. The van der Waals surface area contributed by atoms with Crippen molar-refractivity contribution in [1.82, 2.24) is 0 Å². The maximum Gasteiger partial charge on any atom is 0.123 e. The lowest BCUT2D eigenvalue weighted by atomic mass is 9.94. The van der Waals surface area contributed by atoms with Gasteiger partial charge in [-0.1, -0.05) is 58.4 Å². The van der Waals surface area contributed by atoms with Crippen molar-refractivity contribution in [3.05, 3.63) is 71.5 Å². The van der Waals surface area contributed by atoms with Gasteiger partial charge in [-0.2, -0.15) is 0 Å². The highest BCUT2D eigenvalue weighted by Crippen LogP contribution is 2.18. The molecular weight excluding hydrogens is 315 g/mol. The van der Waals surface area contributed by atoms with E-state index in [4.69, 9.17) is 0 Å². The van der Waals surface area contributed by atoms with E-state index in [0.29, 0.717) is 5.92 Å². The fourth-order valence-corrected chi connectivity index (χ4v) is 3.02. The van der Waals surface area contributed by atoms with Crippen LogP contribution in [0.2, 0.25) is 0 Å². The summed E-state index contributed by atoms with van der Waals surface area (Å²) in [4.78, 5) is 0. The highest BCUT2D eigenvalue weighted by Gasteiger charge is 2.09. The van der Waals surface area contributed by atoms with Crippen molar-refractivity contribution in [2.75, 3.05) is 5.33 Å². The fraction of sp³-hybridized carbons (Fsp3) is 0.333. The van der Waals surface area contributed by atoms with Gasteiger partial charge >= 0.3 is 0 Å². The summed E-state index contributed by atoms with van der Waals surface area (Å²) in [6.07, 6.45) is 4.40. The van der Waals surface area contributed by atoms with Crippen molar-refractivity contribution in [2.45, 2.75) is 25.7 Å². The summed E-state index contributed by atoms with van der Waals surface area (Å²) in [6.45, 7) is 0. The van der Waals surface area contributed by atoms with E-state index < -0.39 is 0 Å². The van der Waals surface area contributed by atoms with Gasteiger partial charge in [-0.25, -0.2) is 4.39 Å². The van der Waals surface area contributed by atoms with Crippen molar-refractivity contribution in [2.24, 2.45) is 5.92 Å². The Labute approximate surface area is 129 Å². The molecule has 2 rings (SSSR count). The molecule has 0 radical (unpaired) electrons. The number of alkyl halides is 1. The molecule has 0 amide bonds. The second-order valence-electron chi connectivity index (χ2n) is 5.23. The van der Waals surface area contributed by atoms with E-state index in [-0.39, 0.29) is 5.82 Å². The summed E-state index contributed by atoms with van der Waals surface area (Å²) < 4.78 is 13.2. The van der Waals surface area contributed by atoms with Crippen LogP contribution in [0.4, 0.5) is 4.39 Å². The van der Waals surface area contributed by atoms with Gasteiger partial charge in [-0.05, 0) is 54.9 Å². The highest BCUT2D eigenvalue weighted by molar-refractivity contribution is 9.09. The van der Waals surface area contributed by atoms with Gasteiger partial charge in [0.2, 0.25) is 0 Å². The van der Waals surface area contributed by atoms with Gasteiger partial charge < -0.3 is 0 Å². The summed E-state index contributed by atoms with van der Waals surface area (Å²) in [6, 6.07) is 17.5. The van der Waals surface area contributed by atoms with E-state index in [0.717, 1.165) is 30.2 Å². The molecule has 0 fully saturated rings. The van der Waals surface area contributed by atoms with Gasteiger partial charge in [0.1, 0.15) is 5.82 Å². The molecule has 1 atom stereocenters. The zero-order chi connectivity index (χ0) is 14.2. The van der Waals surface area contributed by atoms with Gasteiger partial charge in [-0.3, -0.25) is 0 Å². The van der Waals surface area contributed by atoms with E-state index in [1.54, 1.807) is 12.1 Å². The van der Waals surface area contributed by atoms with Crippen LogP contribution < -0.4 is 0 Å². The minimum Gasteiger partial charge on any atom is -0.207 e. The third-order valence-corrected chi connectivity index (χ3v) is 4.47. The van der Waals surface area contributed by atoms with E-state index in [9.17, 15) is 4.39 Å². The molecule has 0 aliphatic carbocycles. The van der Waals surface area contributed by atoms with Gasteiger partial charge in [-0.15, -0.1) is 0 Å². The standard InChI is InChI=1S/C18H20BrF/c19-14-17(12-16-9-5-11-18(20)13-16)10-4-8-15-6-2-1-3-7-15/h1-3,5-7,9,11,13,17H,4,8,10,12,14H2. The first kappa shape index (κ1) is 15.2. The number of benzene rings is 2. The first-order chi connectivity index (χ1) is 9.78. The molecule has 0 heterocycles. The van der Waals surface area contributed by atoms with Crippen LogP contribution in [0.5, 0.6) is 0 Å². The first-order valence-corrected chi connectivity index (χ1v) is 8.24. The second-order valence-corrected chi connectivity index (χ2v) is 5.88. The van der Waals surface area contributed by atoms with Crippen molar-refractivity contribution >= 4 is 15.9 Å². The molecule has 0 aliphatic rings. The molecule has 2 aromatic rings. The topological polar surface area (TPSA) is 0 Å². The molecule has 106 valence electrons. The quantitative estimate of drug-likeness (QED) is 0.594. The Balaban J connectivity index is 1.80. The Kier molecular flexibility index (Phi) is 6.25. The zero-order valence-corrected chi connectivity index (χ0v) is 13.2. The SMILES string of the molecule is Fc1cccc(CC(CBr)CCCc2ccccc2)c1. The van der Waals surface area contributed by atoms with Crippen LogP contribution in [-0.4, -0.2) is 5.33 Å². The Morgan fingerprint density at radius 3 is 2.40 bits per heavy atom. The third kappa shape index (κ3) is 5.09. The van der Waals surface area contributed by atoms with E-state index in [1.807, 2.05) is 6.07 Å². The summed E-state index contributed by atoms with van der Waals surface area (Å²) in [5.41, 5.74) is 2.49. The smallest absolute Gasteiger partial charge is 0.123 e. The minimum atomic E-state index is -0.139. The Bertz CT molecular complexity index is 510. The molecule has 0 aliphatic heterocycles. The summed E-state index contributed by atoms with van der Waals surface area (Å²) in [5, 5.41) is 0.971. The predicted molar refractivity (Wildman–Crippen MR) is 86.8 cm³/mol. The molecule has 2 heteroatoms. The number of hydrogen-bond donors (Lipinski definition) is 0. The van der Waals surface area contributed by atoms with Crippen LogP contribution in [0.15, 0.2) is 54.6 Å². The van der Waals surface area contributed by atoms with Crippen molar-refractivity contribution in [3.8, 4) is 0 Å². The Hall–Kier alpha value is -1.15. The van der Waals surface area contributed by atoms with E-state index in [2.05, 4.69) is 46.3 Å². The lowest BCUT2D eigenvalue weighted by molar-refractivity contribution is 0.516. The van der Waals surface area contributed by atoms with Crippen molar-refractivity contribution in [3.63, 3.8) is 0 Å². The molecule has 0 aromatic heterocycles. The summed E-state index contributed by atoms with van der Waals surface area (Å²) in [7, 11) is 0. The van der Waals surface area contributed by atoms with Crippen LogP contribution in [0.25, 0.3) is 0 Å². The van der Waals surface area contributed by atoms with Crippen LogP contribution in [0.1, 0.15) is 24.0 Å². The molecular formula is C18H20BrF. The van der Waals surface area contributed by atoms with Gasteiger partial charge in [0, 0.05) is 5.33 Å². The molecule has 0 N–H and O–H groups in total. The predicted octanol–water partition coefficient (Wildman–Crippen LogP) is 5.40. The Morgan fingerprint density at radius 2 is 1.70 bits per heavy atom. The normalized spacial score (nSPS) is 12.3. The highest BCUT2D eigenvalue weighted by atomic mass is 79.9. The van der Waals surface area contributed by atoms with Gasteiger partial charge in [0.25, 0.3) is 0 Å². The zero-order valence-electron chi connectivity index (χ0n) is 11.6. The number of aryl methyl sites for hydroxylation is 1. The van der Waals surface area contributed by atoms with E-state index in [1.165, 1.54) is 18.1 Å². The fourth-order valence-electron chi connectivity index (χ4n) is 2.47. The lowest BCUT2D eigenvalue weighted by Gasteiger charge is -2.14. The lowest BCUT2D eigenvalue weighted by Crippen LogP contribution is -2.07. The summed E-state index contributed by atoms with van der Waals surface area (Å²) >= 11 is 3.58. The maximum atomic E-state index is 13.2. The molecule has 1 unspecified atom stereocenters. The monoisotopic (exact) mass is 334 g/mol. The molecule has 0 nitrogen and oxygen atoms in total. The molecule has 0 saturated carbocycles. The molecule has 0 spiro atoms. The van der Waals surface area contributed by atoms with E-state index >= 15 is 0 Å². The van der Waals surface area contributed by atoms with Gasteiger partial charge in [0.05, 0.1) is 0 Å². The molecule has 2 aromatic carbocycles. The van der Waals surface area contributed by atoms with Crippen LogP contribution in [0.3, 0.4) is 0 Å². The number of rotatable bonds is 7. The summed E-state index contributed by atoms with van der Waals surface area (Å²) in [5.74, 6) is 0.431. The maximum absolute atomic E-state index is 13.2. The number of halogens is 2. The molecule has 0 saturated heterocycles. The molecule has 20 heavy (non-hydrogen) atoms. The molecule has 0 bridgehead atoms. The third-order valence-electron chi connectivity index (χ3n) is 3.55. The number of hydrogen-bond acceptors (Lipinski definition) is 0. The van der Waals surface area contributed by atoms with Gasteiger partial charge in [0.15, 0.2) is 0 Å². The average Bonchev–Trinajstić information content (AvgIpc) is 2.47. The Morgan fingerprint density at radius 1 is 0.950 bits per heavy atom.